The van der Waals surface area contributed by atoms with Crippen LogP contribution in [-0.4, -0.2) is 43.5 Å². The lowest BCUT2D eigenvalue weighted by molar-refractivity contribution is 0.0642. The van der Waals surface area contributed by atoms with Crippen molar-refractivity contribution < 1.29 is 14.3 Å². The number of rotatable bonds is 2. The third-order valence-electron chi connectivity index (χ3n) is 3.96. The first-order valence-corrected chi connectivity index (χ1v) is 6.60. The maximum Gasteiger partial charge on any atom is 0.407 e. The van der Waals surface area contributed by atoms with E-state index in [0.29, 0.717) is 18.7 Å². The molecule has 3 heterocycles. The molecule has 3 atom stereocenters. The second-order valence-electron chi connectivity index (χ2n) is 5.34. The molecule has 0 aliphatic carbocycles. The fraction of sp³-hybridized carbons (Fsp3) is 0.917. The van der Waals surface area contributed by atoms with Gasteiger partial charge in [-0.1, -0.05) is 0 Å². The van der Waals surface area contributed by atoms with Crippen molar-refractivity contribution in [1.29, 1.82) is 0 Å². The standard InChI is InChI=1S/C12H20N2O3/c15-12(14-10-3-4-16-7-10)17-11-5-8-1-2-9(6-11)13-8/h8-11,13H,1-7H2,(H,14,15). The Morgan fingerprint density at radius 3 is 2.65 bits per heavy atom. The fourth-order valence-electron chi connectivity index (χ4n) is 3.10. The largest absolute Gasteiger partial charge is 0.446 e. The van der Waals surface area contributed by atoms with Gasteiger partial charge < -0.3 is 20.1 Å². The van der Waals surface area contributed by atoms with Gasteiger partial charge >= 0.3 is 6.09 Å². The van der Waals surface area contributed by atoms with E-state index in [9.17, 15) is 4.79 Å². The first kappa shape index (κ1) is 11.3. The maximum atomic E-state index is 11.7. The predicted octanol–water partition coefficient (Wildman–Crippen LogP) is 0.784. The van der Waals surface area contributed by atoms with Gasteiger partial charge in [-0.15, -0.1) is 0 Å². The Morgan fingerprint density at radius 2 is 2.00 bits per heavy atom. The van der Waals surface area contributed by atoms with Crippen LogP contribution in [0.5, 0.6) is 0 Å². The van der Waals surface area contributed by atoms with Gasteiger partial charge in [-0.3, -0.25) is 0 Å². The summed E-state index contributed by atoms with van der Waals surface area (Å²) in [5.74, 6) is 0. The molecule has 3 rings (SSSR count). The van der Waals surface area contributed by atoms with Crippen LogP contribution < -0.4 is 10.6 Å². The molecule has 2 N–H and O–H groups in total. The van der Waals surface area contributed by atoms with Crippen LogP contribution in [0.25, 0.3) is 0 Å². The summed E-state index contributed by atoms with van der Waals surface area (Å²) in [5.41, 5.74) is 0. The molecule has 3 fully saturated rings. The second kappa shape index (κ2) is 4.82. The van der Waals surface area contributed by atoms with Crippen LogP contribution in [-0.2, 0) is 9.47 Å². The van der Waals surface area contributed by atoms with Crippen LogP contribution in [0, 0.1) is 0 Å². The summed E-state index contributed by atoms with van der Waals surface area (Å²) in [6, 6.07) is 1.25. The van der Waals surface area contributed by atoms with E-state index in [0.717, 1.165) is 25.9 Å². The van der Waals surface area contributed by atoms with Gasteiger partial charge in [-0.25, -0.2) is 4.79 Å². The maximum absolute atomic E-state index is 11.7. The summed E-state index contributed by atoms with van der Waals surface area (Å²) in [6.45, 7) is 1.36. The number of ether oxygens (including phenoxy) is 2. The molecule has 3 saturated heterocycles. The third kappa shape index (κ3) is 2.72. The van der Waals surface area contributed by atoms with Crippen LogP contribution >= 0.6 is 0 Å². The Labute approximate surface area is 101 Å². The van der Waals surface area contributed by atoms with Crippen LogP contribution in [0.2, 0.25) is 0 Å². The highest BCUT2D eigenvalue weighted by Crippen LogP contribution is 2.28. The molecule has 0 aromatic carbocycles. The summed E-state index contributed by atoms with van der Waals surface area (Å²) >= 11 is 0. The van der Waals surface area contributed by atoms with E-state index in [1.807, 2.05) is 0 Å². The Kier molecular flexibility index (Phi) is 3.20. The van der Waals surface area contributed by atoms with Gasteiger partial charge in [0.15, 0.2) is 0 Å². The van der Waals surface area contributed by atoms with Crippen molar-refractivity contribution in [2.45, 2.75) is 56.3 Å². The minimum Gasteiger partial charge on any atom is -0.446 e. The zero-order valence-corrected chi connectivity index (χ0v) is 9.98. The molecule has 2 bridgehead atoms. The van der Waals surface area contributed by atoms with Crippen molar-refractivity contribution in [2.24, 2.45) is 0 Å². The summed E-state index contributed by atoms with van der Waals surface area (Å²) in [7, 11) is 0. The lowest BCUT2D eigenvalue weighted by Crippen LogP contribution is -2.44. The van der Waals surface area contributed by atoms with E-state index >= 15 is 0 Å². The van der Waals surface area contributed by atoms with Crippen molar-refractivity contribution in [3.63, 3.8) is 0 Å². The molecule has 0 aromatic rings. The lowest BCUT2D eigenvalue weighted by atomic mass is 10.0. The van der Waals surface area contributed by atoms with E-state index in [1.165, 1.54) is 12.8 Å². The molecule has 3 aliphatic heterocycles. The van der Waals surface area contributed by atoms with Crippen LogP contribution in [0.4, 0.5) is 4.79 Å². The minimum atomic E-state index is -0.271. The molecule has 96 valence electrons. The molecule has 1 amide bonds. The molecule has 3 aliphatic rings. The van der Waals surface area contributed by atoms with Gasteiger partial charge in [0.2, 0.25) is 0 Å². The van der Waals surface area contributed by atoms with Crippen molar-refractivity contribution in [2.75, 3.05) is 13.2 Å². The zero-order chi connectivity index (χ0) is 11.7. The molecule has 0 radical (unpaired) electrons. The summed E-state index contributed by atoms with van der Waals surface area (Å²) in [4.78, 5) is 11.7. The van der Waals surface area contributed by atoms with Crippen molar-refractivity contribution in [3.05, 3.63) is 0 Å². The molecule has 5 heteroatoms. The Morgan fingerprint density at radius 1 is 1.24 bits per heavy atom. The van der Waals surface area contributed by atoms with Gasteiger partial charge in [0.1, 0.15) is 6.10 Å². The number of amides is 1. The van der Waals surface area contributed by atoms with Gasteiger partial charge in [-0.05, 0) is 32.1 Å². The van der Waals surface area contributed by atoms with Crippen molar-refractivity contribution in [1.82, 2.24) is 10.6 Å². The van der Waals surface area contributed by atoms with Crippen LogP contribution in [0.15, 0.2) is 0 Å². The van der Waals surface area contributed by atoms with Crippen LogP contribution in [0.1, 0.15) is 32.1 Å². The number of carbonyl (C=O) groups excluding carboxylic acids is 1. The Bertz CT molecular complexity index is 279. The Hall–Kier alpha value is -0.810. The monoisotopic (exact) mass is 240 g/mol. The van der Waals surface area contributed by atoms with Crippen LogP contribution in [0.3, 0.4) is 0 Å². The SMILES string of the molecule is O=C(NC1CCOC1)OC1CC2CCC(C1)N2. The quantitative estimate of drug-likeness (QED) is 0.749. The number of hydrogen-bond donors (Lipinski definition) is 2. The number of nitrogens with one attached hydrogen (secondary N) is 2. The zero-order valence-electron chi connectivity index (χ0n) is 9.98. The van der Waals surface area contributed by atoms with Gasteiger partial charge in [0.05, 0.1) is 12.6 Å². The molecular formula is C12H20N2O3. The molecular weight excluding hydrogens is 220 g/mol. The second-order valence-corrected chi connectivity index (χ2v) is 5.34. The highest BCUT2D eigenvalue weighted by molar-refractivity contribution is 5.67. The van der Waals surface area contributed by atoms with Gasteiger partial charge in [0, 0.05) is 18.7 Å². The van der Waals surface area contributed by atoms with E-state index < -0.39 is 0 Å². The van der Waals surface area contributed by atoms with Gasteiger partial charge in [-0.2, -0.15) is 0 Å². The summed E-state index contributed by atoms with van der Waals surface area (Å²) in [5, 5.41) is 6.40. The summed E-state index contributed by atoms with van der Waals surface area (Å²) < 4.78 is 10.7. The Balaban J connectivity index is 1.44. The number of alkyl carbamates (subject to hydrolysis) is 1. The van der Waals surface area contributed by atoms with E-state index in [4.69, 9.17) is 9.47 Å². The third-order valence-corrected chi connectivity index (χ3v) is 3.96. The molecule has 0 spiro atoms. The molecule has 0 aromatic heterocycles. The molecule has 3 unspecified atom stereocenters. The number of hydrogen-bond acceptors (Lipinski definition) is 4. The molecule has 5 nitrogen and oxygen atoms in total. The molecule has 0 saturated carbocycles. The number of fused-ring (bicyclic) bond motifs is 2. The topological polar surface area (TPSA) is 59.6 Å². The number of piperidine rings is 1. The lowest BCUT2D eigenvalue weighted by Gasteiger charge is -2.29. The van der Waals surface area contributed by atoms with Crippen molar-refractivity contribution in [3.8, 4) is 0 Å². The summed E-state index contributed by atoms with van der Waals surface area (Å²) in [6.07, 6.45) is 5.09. The molecule has 17 heavy (non-hydrogen) atoms. The predicted molar refractivity (Wildman–Crippen MR) is 61.8 cm³/mol. The van der Waals surface area contributed by atoms with E-state index in [1.54, 1.807) is 0 Å². The first-order chi connectivity index (χ1) is 8.29. The first-order valence-electron chi connectivity index (χ1n) is 6.60. The normalized spacial score (nSPS) is 40.2. The highest BCUT2D eigenvalue weighted by atomic mass is 16.6. The average Bonchev–Trinajstić information content (AvgIpc) is 2.89. The average molecular weight is 240 g/mol. The smallest absolute Gasteiger partial charge is 0.407 e. The fourth-order valence-corrected chi connectivity index (χ4v) is 3.10. The van der Waals surface area contributed by atoms with Gasteiger partial charge in [0.25, 0.3) is 0 Å². The number of carbonyl (C=O) groups is 1. The van der Waals surface area contributed by atoms with Crippen molar-refractivity contribution >= 4 is 6.09 Å². The van der Waals surface area contributed by atoms with E-state index in [-0.39, 0.29) is 18.2 Å². The minimum absolute atomic E-state index is 0.0936. The highest BCUT2D eigenvalue weighted by Gasteiger charge is 2.35. The van der Waals surface area contributed by atoms with E-state index in [2.05, 4.69) is 10.6 Å².